The van der Waals surface area contributed by atoms with E-state index in [4.69, 9.17) is 0 Å². The van der Waals surface area contributed by atoms with Crippen LogP contribution in [0.25, 0.3) is 0 Å². The molecule has 25 heavy (non-hydrogen) atoms. The van der Waals surface area contributed by atoms with E-state index in [-0.39, 0.29) is 17.9 Å². The van der Waals surface area contributed by atoms with Crippen LogP contribution >= 0.6 is 0 Å². The van der Waals surface area contributed by atoms with Gasteiger partial charge in [0.2, 0.25) is 5.91 Å². The Morgan fingerprint density at radius 3 is 2.52 bits per heavy atom. The third-order valence-electron chi connectivity index (χ3n) is 4.39. The van der Waals surface area contributed by atoms with E-state index in [2.05, 4.69) is 10.6 Å². The third-order valence-corrected chi connectivity index (χ3v) is 4.39. The number of hydrogen-bond donors (Lipinski definition) is 2. The predicted molar refractivity (Wildman–Crippen MR) is 99.6 cm³/mol. The van der Waals surface area contributed by atoms with E-state index in [1.54, 1.807) is 4.90 Å². The van der Waals surface area contributed by atoms with Crippen molar-refractivity contribution in [2.24, 2.45) is 5.92 Å². The predicted octanol–water partition coefficient (Wildman–Crippen LogP) is 3.88. The van der Waals surface area contributed by atoms with Crippen LogP contribution in [0.2, 0.25) is 0 Å². The maximum Gasteiger partial charge on any atom is 0.321 e. The lowest BCUT2D eigenvalue weighted by Crippen LogP contribution is -2.45. The number of para-hydroxylation sites is 1. The highest BCUT2D eigenvalue weighted by atomic mass is 16.2. The zero-order chi connectivity index (χ0) is 17.6. The molecule has 0 bridgehead atoms. The van der Waals surface area contributed by atoms with Crippen molar-refractivity contribution in [1.82, 2.24) is 4.90 Å². The lowest BCUT2D eigenvalue weighted by molar-refractivity contribution is -0.121. The van der Waals surface area contributed by atoms with E-state index in [1.807, 2.05) is 61.5 Å². The number of anilines is 2. The van der Waals surface area contributed by atoms with Crippen LogP contribution in [0.1, 0.15) is 18.4 Å². The molecule has 0 aliphatic carbocycles. The van der Waals surface area contributed by atoms with Crippen LogP contribution in [0.5, 0.6) is 0 Å². The molecule has 5 nitrogen and oxygen atoms in total. The average molecular weight is 337 g/mol. The van der Waals surface area contributed by atoms with Gasteiger partial charge in [-0.1, -0.05) is 30.3 Å². The molecule has 1 saturated heterocycles. The highest BCUT2D eigenvalue weighted by Gasteiger charge is 2.28. The normalized spacial score (nSPS) is 17.0. The summed E-state index contributed by atoms with van der Waals surface area (Å²) in [7, 11) is 0. The summed E-state index contributed by atoms with van der Waals surface area (Å²) >= 11 is 0. The summed E-state index contributed by atoms with van der Waals surface area (Å²) < 4.78 is 0. The molecule has 0 aromatic heterocycles. The first-order valence-electron chi connectivity index (χ1n) is 8.60. The van der Waals surface area contributed by atoms with Gasteiger partial charge in [-0.2, -0.15) is 0 Å². The minimum absolute atomic E-state index is 0.0252. The number of likely N-dealkylation sites (tertiary alicyclic amines) is 1. The van der Waals surface area contributed by atoms with Crippen molar-refractivity contribution in [2.45, 2.75) is 19.8 Å². The van der Waals surface area contributed by atoms with Gasteiger partial charge in [-0.25, -0.2) is 4.79 Å². The summed E-state index contributed by atoms with van der Waals surface area (Å²) in [5.74, 6) is -0.210. The van der Waals surface area contributed by atoms with Crippen LogP contribution in [0, 0.1) is 12.8 Å². The zero-order valence-electron chi connectivity index (χ0n) is 14.4. The SMILES string of the molecule is Cc1cccc(NC(=O)C2CCCN(C(=O)Nc3ccccc3)C2)c1. The molecule has 0 saturated carbocycles. The van der Waals surface area contributed by atoms with Crippen LogP contribution in [-0.2, 0) is 4.79 Å². The summed E-state index contributed by atoms with van der Waals surface area (Å²) in [6, 6.07) is 17.0. The van der Waals surface area contributed by atoms with Gasteiger partial charge in [0.1, 0.15) is 0 Å². The molecule has 1 aliphatic heterocycles. The molecule has 2 aromatic carbocycles. The van der Waals surface area contributed by atoms with Crippen LogP contribution in [-0.4, -0.2) is 29.9 Å². The smallest absolute Gasteiger partial charge is 0.321 e. The topological polar surface area (TPSA) is 61.4 Å². The molecule has 2 aromatic rings. The fourth-order valence-corrected chi connectivity index (χ4v) is 3.07. The van der Waals surface area contributed by atoms with E-state index >= 15 is 0 Å². The Morgan fingerprint density at radius 2 is 1.76 bits per heavy atom. The fourth-order valence-electron chi connectivity index (χ4n) is 3.07. The Morgan fingerprint density at radius 1 is 1.00 bits per heavy atom. The van der Waals surface area contributed by atoms with Crippen molar-refractivity contribution in [3.8, 4) is 0 Å². The molecular weight excluding hydrogens is 314 g/mol. The van der Waals surface area contributed by atoms with E-state index in [1.165, 1.54) is 0 Å². The van der Waals surface area contributed by atoms with Gasteiger partial charge in [0.15, 0.2) is 0 Å². The standard InChI is InChI=1S/C20H23N3O2/c1-15-7-5-11-18(13-15)21-19(24)16-8-6-12-23(14-16)20(25)22-17-9-3-2-4-10-17/h2-5,7,9-11,13,16H,6,8,12,14H2,1H3,(H,21,24)(H,22,25). The number of nitrogens with one attached hydrogen (secondary N) is 2. The Kier molecular flexibility index (Phi) is 5.33. The molecule has 1 aliphatic rings. The van der Waals surface area contributed by atoms with Gasteiger partial charge in [0.25, 0.3) is 0 Å². The highest BCUT2D eigenvalue weighted by molar-refractivity contribution is 5.94. The molecule has 1 heterocycles. The van der Waals surface area contributed by atoms with E-state index in [0.717, 1.165) is 29.8 Å². The number of hydrogen-bond acceptors (Lipinski definition) is 2. The Bertz CT molecular complexity index is 746. The lowest BCUT2D eigenvalue weighted by atomic mass is 9.97. The Labute approximate surface area is 148 Å². The first kappa shape index (κ1) is 17.0. The minimum atomic E-state index is -0.184. The Balaban J connectivity index is 1.58. The Hall–Kier alpha value is -2.82. The number of nitrogens with zero attached hydrogens (tertiary/aromatic N) is 1. The van der Waals surface area contributed by atoms with Crippen LogP contribution in [0.15, 0.2) is 54.6 Å². The molecule has 1 atom stereocenters. The average Bonchev–Trinajstić information content (AvgIpc) is 2.62. The number of rotatable bonds is 3. The van der Waals surface area contributed by atoms with Gasteiger partial charge < -0.3 is 15.5 Å². The van der Waals surface area contributed by atoms with Crippen LogP contribution < -0.4 is 10.6 Å². The van der Waals surface area contributed by atoms with Gasteiger partial charge in [0.05, 0.1) is 5.92 Å². The lowest BCUT2D eigenvalue weighted by Gasteiger charge is -2.32. The van der Waals surface area contributed by atoms with Gasteiger partial charge in [0, 0.05) is 24.5 Å². The summed E-state index contributed by atoms with van der Waals surface area (Å²) in [6.07, 6.45) is 1.63. The van der Waals surface area contributed by atoms with Crippen LogP contribution in [0.4, 0.5) is 16.2 Å². The number of amides is 3. The van der Waals surface area contributed by atoms with Crippen molar-refractivity contribution in [2.75, 3.05) is 23.7 Å². The van der Waals surface area contributed by atoms with E-state index in [0.29, 0.717) is 13.1 Å². The second-order valence-electron chi connectivity index (χ2n) is 6.44. The first-order valence-corrected chi connectivity index (χ1v) is 8.60. The molecular formula is C20H23N3O2. The van der Waals surface area contributed by atoms with Crippen molar-refractivity contribution in [3.63, 3.8) is 0 Å². The van der Waals surface area contributed by atoms with Crippen molar-refractivity contribution < 1.29 is 9.59 Å². The number of piperidine rings is 1. The highest BCUT2D eigenvalue weighted by Crippen LogP contribution is 2.20. The number of aryl methyl sites for hydroxylation is 1. The van der Waals surface area contributed by atoms with Crippen molar-refractivity contribution in [1.29, 1.82) is 0 Å². The second-order valence-corrected chi connectivity index (χ2v) is 6.44. The van der Waals surface area contributed by atoms with E-state index < -0.39 is 0 Å². The summed E-state index contributed by atoms with van der Waals surface area (Å²) in [5.41, 5.74) is 2.67. The van der Waals surface area contributed by atoms with Crippen molar-refractivity contribution >= 4 is 23.3 Å². The largest absolute Gasteiger partial charge is 0.326 e. The first-order chi connectivity index (χ1) is 12.1. The third kappa shape index (κ3) is 4.59. The molecule has 130 valence electrons. The fraction of sp³-hybridized carbons (Fsp3) is 0.300. The molecule has 3 rings (SSSR count). The van der Waals surface area contributed by atoms with Crippen molar-refractivity contribution in [3.05, 3.63) is 60.2 Å². The maximum atomic E-state index is 12.5. The molecule has 0 spiro atoms. The van der Waals surface area contributed by atoms with Gasteiger partial charge >= 0.3 is 6.03 Å². The molecule has 2 N–H and O–H groups in total. The van der Waals surface area contributed by atoms with Gasteiger partial charge in [-0.05, 0) is 49.6 Å². The number of carbonyl (C=O) groups excluding carboxylic acids is 2. The molecule has 1 unspecified atom stereocenters. The quantitative estimate of drug-likeness (QED) is 0.893. The summed E-state index contributed by atoms with van der Waals surface area (Å²) in [6.45, 7) is 3.11. The monoisotopic (exact) mass is 337 g/mol. The summed E-state index contributed by atoms with van der Waals surface area (Å²) in [5, 5.41) is 5.85. The molecule has 3 amide bonds. The van der Waals surface area contributed by atoms with Gasteiger partial charge in [-0.3, -0.25) is 4.79 Å². The molecule has 0 radical (unpaired) electrons. The van der Waals surface area contributed by atoms with E-state index in [9.17, 15) is 9.59 Å². The maximum absolute atomic E-state index is 12.5. The molecule has 1 fully saturated rings. The van der Waals surface area contributed by atoms with Crippen LogP contribution in [0.3, 0.4) is 0 Å². The zero-order valence-corrected chi connectivity index (χ0v) is 14.4. The van der Waals surface area contributed by atoms with Gasteiger partial charge in [-0.15, -0.1) is 0 Å². The summed E-state index contributed by atoms with van der Waals surface area (Å²) in [4.78, 5) is 26.7. The number of benzene rings is 2. The second kappa shape index (κ2) is 7.83. The molecule has 5 heteroatoms. The minimum Gasteiger partial charge on any atom is -0.326 e. The number of urea groups is 1. The number of carbonyl (C=O) groups is 2.